The minimum atomic E-state index is -0.0230. The molecule has 3 rings (SSSR count). The van der Waals surface area contributed by atoms with Crippen LogP contribution in [0.2, 0.25) is 0 Å². The Balaban J connectivity index is 1.46. The molecule has 0 aromatic heterocycles. The molecule has 23 heavy (non-hydrogen) atoms. The van der Waals surface area contributed by atoms with E-state index in [0.717, 1.165) is 32.3 Å². The lowest BCUT2D eigenvalue weighted by atomic mass is 9.79. The summed E-state index contributed by atoms with van der Waals surface area (Å²) in [6.07, 6.45) is 7.08. The molecule has 0 bridgehead atoms. The molecule has 2 fully saturated rings. The minimum absolute atomic E-state index is 0.0230. The van der Waals surface area contributed by atoms with Crippen LogP contribution in [0.5, 0.6) is 0 Å². The summed E-state index contributed by atoms with van der Waals surface area (Å²) in [7, 11) is 0. The average molecular weight is 317 g/mol. The Labute approximate surface area is 138 Å². The molecule has 1 aliphatic carbocycles. The molecular formula is C19H27NO3. The fraction of sp³-hybridized carbons (Fsp3) is 0.632. The van der Waals surface area contributed by atoms with Crippen molar-refractivity contribution < 1.29 is 14.3 Å². The first-order valence-corrected chi connectivity index (χ1v) is 8.80. The lowest BCUT2D eigenvalue weighted by Gasteiger charge is -2.30. The van der Waals surface area contributed by atoms with Gasteiger partial charge in [0.1, 0.15) is 6.61 Å². The summed E-state index contributed by atoms with van der Waals surface area (Å²) in [4.78, 5) is 12.1. The van der Waals surface area contributed by atoms with Crippen LogP contribution in [-0.2, 0) is 19.7 Å². The van der Waals surface area contributed by atoms with Gasteiger partial charge in [-0.1, -0.05) is 43.2 Å². The Morgan fingerprint density at radius 3 is 2.70 bits per heavy atom. The molecule has 1 amide bonds. The van der Waals surface area contributed by atoms with E-state index in [0.29, 0.717) is 13.2 Å². The van der Waals surface area contributed by atoms with E-state index in [-0.39, 0.29) is 24.0 Å². The Hall–Kier alpha value is -1.39. The number of hydrogen-bond donors (Lipinski definition) is 1. The van der Waals surface area contributed by atoms with E-state index in [9.17, 15) is 4.79 Å². The van der Waals surface area contributed by atoms with Crippen LogP contribution in [0.4, 0.5) is 0 Å². The normalized spacial score (nSPS) is 23.0. The molecule has 1 atom stereocenters. The van der Waals surface area contributed by atoms with E-state index < -0.39 is 0 Å². The van der Waals surface area contributed by atoms with E-state index in [1.807, 2.05) is 6.07 Å². The van der Waals surface area contributed by atoms with E-state index in [4.69, 9.17) is 9.47 Å². The average Bonchev–Trinajstić information content (AvgIpc) is 3.26. The van der Waals surface area contributed by atoms with Crippen molar-refractivity contribution in [3.8, 4) is 0 Å². The molecule has 0 unspecified atom stereocenters. The van der Waals surface area contributed by atoms with Crippen molar-refractivity contribution in [3.63, 3.8) is 0 Å². The van der Waals surface area contributed by atoms with Gasteiger partial charge in [-0.25, -0.2) is 0 Å². The molecule has 1 saturated carbocycles. The van der Waals surface area contributed by atoms with Crippen molar-refractivity contribution in [3.05, 3.63) is 35.9 Å². The predicted octanol–water partition coefficient (Wildman–Crippen LogP) is 2.81. The first-order valence-electron chi connectivity index (χ1n) is 8.80. The molecule has 1 N–H and O–H groups in total. The van der Waals surface area contributed by atoms with Gasteiger partial charge in [0, 0.05) is 18.6 Å². The summed E-state index contributed by atoms with van der Waals surface area (Å²) in [6, 6.07) is 10.6. The topological polar surface area (TPSA) is 47.6 Å². The van der Waals surface area contributed by atoms with Crippen molar-refractivity contribution in [2.45, 2.75) is 50.0 Å². The monoisotopic (exact) mass is 317 g/mol. The van der Waals surface area contributed by atoms with Crippen LogP contribution in [0.1, 0.15) is 44.1 Å². The second-order valence-electron chi connectivity index (χ2n) is 6.78. The number of carbonyl (C=O) groups is 1. The van der Waals surface area contributed by atoms with Crippen molar-refractivity contribution >= 4 is 5.91 Å². The molecule has 4 nitrogen and oxygen atoms in total. The fourth-order valence-corrected chi connectivity index (χ4v) is 3.79. The predicted molar refractivity (Wildman–Crippen MR) is 89.4 cm³/mol. The minimum Gasteiger partial charge on any atom is -0.376 e. The van der Waals surface area contributed by atoms with Gasteiger partial charge >= 0.3 is 0 Å². The van der Waals surface area contributed by atoms with Crippen molar-refractivity contribution in [2.75, 3.05) is 26.4 Å². The largest absolute Gasteiger partial charge is 0.376 e. The van der Waals surface area contributed by atoms with Crippen LogP contribution in [0, 0.1) is 0 Å². The van der Waals surface area contributed by atoms with E-state index in [2.05, 4.69) is 29.6 Å². The molecule has 0 radical (unpaired) electrons. The standard InChI is InChI=1S/C19H27NO3/c21-18(14-22-13-17-9-6-12-23-17)20-15-19(10-4-5-11-19)16-7-2-1-3-8-16/h1-3,7-8,17H,4-6,9-15H2,(H,20,21)/t17-/m1/s1. The van der Waals surface area contributed by atoms with E-state index >= 15 is 0 Å². The third-order valence-electron chi connectivity index (χ3n) is 5.13. The summed E-state index contributed by atoms with van der Waals surface area (Å²) in [5.41, 5.74) is 1.45. The summed E-state index contributed by atoms with van der Waals surface area (Å²) >= 11 is 0. The third kappa shape index (κ3) is 4.33. The zero-order valence-electron chi connectivity index (χ0n) is 13.8. The quantitative estimate of drug-likeness (QED) is 0.841. The summed E-state index contributed by atoms with van der Waals surface area (Å²) in [5.74, 6) is -0.0230. The van der Waals surface area contributed by atoms with Crippen LogP contribution in [0.15, 0.2) is 30.3 Å². The van der Waals surface area contributed by atoms with Crippen molar-refractivity contribution in [1.82, 2.24) is 5.32 Å². The second kappa shape index (κ2) is 7.93. The zero-order chi connectivity index (χ0) is 16.0. The number of carbonyl (C=O) groups excluding carboxylic acids is 1. The van der Waals surface area contributed by atoms with Gasteiger partial charge in [-0.3, -0.25) is 4.79 Å². The highest BCUT2D eigenvalue weighted by Crippen LogP contribution is 2.40. The first kappa shape index (κ1) is 16.5. The second-order valence-corrected chi connectivity index (χ2v) is 6.78. The Morgan fingerprint density at radius 2 is 2.00 bits per heavy atom. The van der Waals surface area contributed by atoms with Crippen molar-refractivity contribution in [1.29, 1.82) is 0 Å². The lowest BCUT2D eigenvalue weighted by molar-refractivity contribution is -0.127. The van der Waals surface area contributed by atoms with Crippen LogP contribution >= 0.6 is 0 Å². The highest BCUT2D eigenvalue weighted by Gasteiger charge is 2.35. The molecule has 1 aromatic carbocycles. The van der Waals surface area contributed by atoms with Gasteiger partial charge in [-0.15, -0.1) is 0 Å². The maximum absolute atomic E-state index is 12.1. The summed E-state index contributed by atoms with van der Waals surface area (Å²) < 4.78 is 11.0. The van der Waals surface area contributed by atoms with Gasteiger partial charge in [0.2, 0.25) is 5.91 Å². The van der Waals surface area contributed by atoms with Gasteiger partial charge in [0.25, 0.3) is 0 Å². The Kier molecular flexibility index (Phi) is 5.68. The molecule has 2 aliphatic rings. The summed E-state index contributed by atoms with van der Waals surface area (Å²) in [5, 5.41) is 3.08. The molecule has 1 aromatic rings. The number of benzene rings is 1. The van der Waals surface area contributed by atoms with Gasteiger partial charge in [0.15, 0.2) is 0 Å². The van der Waals surface area contributed by atoms with Crippen LogP contribution in [-0.4, -0.2) is 38.4 Å². The number of ether oxygens (including phenoxy) is 2. The molecule has 4 heteroatoms. The maximum Gasteiger partial charge on any atom is 0.246 e. The smallest absolute Gasteiger partial charge is 0.246 e. The highest BCUT2D eigenvalue weighted by atomic mass is 16.5. The number of rotatable bonds is 7. The van der Waals surface area contributed by atoms with Gasteiger partial charge in [0.05, 0.1) is 12.7 Å². The number of nitrogens with one attached hydrogen (secondary N) is 1. The molecular weight excluding hydrogens is 290 g/mol. The zero-order valence-corrected chi connectivity index (χ0v) is 13.8. The van der Waals surface area contributed by atoms with Crippen LogP contribution in [0.3, 0.4) is 0 Å². The van der Waals surface area contributed by atoms with Gasteiger partial charge in [-0.2, -0.15) is 0 Å². The Morgan fingerprint density at radius 1 is 1.22 bits per heavy atom. The van der Waals surface area contributed by atoms with Crippen molar-refractivity contribution in [2.24, 2.45) is 0 Å². The molecule has 0 spiro atoms. The third-order valence-corrected chi connectivity index (χ3v) is 5.13. The van der Waals surface area contributed by atoms with Gasteiger partial charge < -0.3 is 14.8 Å². The SMILES string of the molecule is O=C(COC[C@H]1CCCO1)NCC1(c2ccccc2)CCCC1. The lowest BCUT2D eigenvalue weighted by Crippen LogP contribution is -2.40. The van der Waals surface area contributed by atoms with E-state index in [1.165, 1.54) is 18.4 Å². The molecule has 1 aliphatic heterocycles. The van der Waals surface area contributed by atoms with E-state index in [1.54, 1.807) is 0 Å². The number of hydrogen-bond acceptors (Lipinski definition) is 3. The summed E-state index contributed by atoms with van der Waals surface area (Å²) in [6.45, 7) is 2.18. The highest BCUT2D eigenvalue weighted by molar-refractivity contribution is 5.77. The van der Waals surface area contributed by atoms with Crippen LogP contribution in [0.25, 0.3) is 0 Å². The Bertz CT molecular complexity index is 491. The molecule has 126 valence electrons. The molecule has 1 saturated heterocycles. The number of amides is 1. The first-order chi connectivity index (χ1) is 11.3. The van der Waals surface area contributed by atoms with Gasteiger partial charge in [-0.05, 0) is 31.2 Å². The molecule has 1 heterocycles. The maximum atomic E-state index is 12.1. The fourth-order valence-electron chi connectivity index (χ4n) is 3.79. The van der Waals surface area contributed by atoms with Crippen LogP contribution < -0.4 is 5.32 Å².